The first-order valence-corrected chi connectivity index (χ1v) is 2.04. The Morgan fingerprint density at radius 3 is 3.00 bits per heavy atom. The van der Waals surface area contributed by atoms with Crippen LogP contribution in [0.15, 0.2) is 0 Å². The van der Waals surface area contributed by atoms with Crippen LogP contribution in [0.5, 0.6) is 6.01 Å². The van der Waals surface area contributed by atoms with Crippen molar-refractivity contribution in [2.24, 2.45) is 5.73 Å². The summed E-state index contributed by atoms with van der Waals surface area (Å²) < 4.78 is 4.40. The van der Waals surface area contributed by atoms with Crippen molar-refractivity contribution in [3.05, 3.63) is 0 Å². The maximum atomic E-state index is 6.60. The smallest absolute Gasteiger partial charge is 0.363 e. The van der Waals surface area contributed by atoms with Crippen LogP contribution in [0.4, 0.5) is 0 Å². The quantitative estimate of drug-likeness (QED) is 0.313. The van der Waals surface area contributed by atoms with E-state index in [1.54, 1.807) is 0 Å². The van der Waals surface area contributed by atoms with E-state index in [0.29, 0.717) is 0 Å². The largest absolute Gasteiger partial charge is 0.389 e. The molecule has 0 aliphatic carbocycles. The molecule has 0 aliphatic heterocycles. The molecule has 0 fully saturated rings. The second kappa shape index (κ2) is 2.07. The SMILES string of the molecule is N=C(N)Oc1nn[nH]n1. The Labute approximate surface area is 49.7 Å². The van der Waals surface area contributed by atoms with Gasteiger partial charge >= 0.3 is 6.01 Å². The van der Waals surface area contributed by atoms with Crippen molar-refractivity contribution in [3.63, 3.8) is 0 Å². The fourth-order valence-corrected chi connectivity index (χ4v) is 0.294. The molecule has 0 aromatic carbocycles. The average Bonchev–Trinajstić information content (AvgIpc) is 2.15. The molecule has 0 saturated carbocycles. The Hall–Kier alpha value is -1.66. The summed E-state index contributed by atoms with van der Waals surface area (Å²) in [5.41, 5.74) is 4.82. The van der Waals surface area contributed by atoms with Gasteiger partial charge in [-0.3, -0.25) is 5.41 Å². The summed E-state index contributed by atoms with van der Waals surface area (Å²) >= 11 is 0. The number of aromatic amines is 1. The van der Waals surface area contributed by atoms with Crippen molar-refractivity contribution in [1.29, 1.82) is 5.41 Å². The first kappa shape index (κ1) is 5.48. The van der Waals surface area contributed by atoms with Gasteiger partial charge in [0.15, 0.2) is 0 Å². The third kappa shape index (κ3) is 1.37. The summed E-state index contributed by atoms with van der Waals surface area (Å²) in [7, 11) is 0. The molecule has 0 atom stereocenters. The lowest BCUT2D eigenvalue weighted by Crippen LogP contribution is -2.18. The fraction of sp³-hybridized carbons (Fsp3) is 0. The number of hydrogen-bond donors (Lipinski definition) is 3. The lowest BCUT2D eigenvalue weighted by Gasteiger charge is -1.90. The summed E-state index contributed by atoms with van der Waals surface area (Å²) in [6.07, 6.45) is 0. The van der Waals surface area contributed by atoms with Crippen LogP contribution in [0, 0.1) is 5.41 Å². The summed E-state index contributed by atoms with van der Waals surface area (Å²) in [5.74, 6) is 0. The highest BCUT2D eigenvalue weighted by atomic mass is 16.5. The van der Waals surface area contributed by atoms with E-state index in [-0.39, 0.29) is 6.01 Å². The third-order valence-corrected chi connectivity index (χ3v) is 0.527. The Kier molecular flexibility index (Phi) is 1.26. The molecule has 1 rings (SSSR count). The van der Waals surface area contributed by atoms with Gasteiger partial charge < -0.3 is 10.5 Å². The maximum absolute atomic E-state index is 6.60. The number of nitrogens with one attached hydrogen (secondary N) is 2. The Bertz CT molecular complexity index is 191. The van der Waals surface area contributed by atoms with Crippen molar-refractivity contribution in [3.8, 4) is 6.01 Å². The van der Waals surface area contributed by atoms with E-state index in [9.17, 15) is 0 Å². The summed E-state index contributed by atoms with van der Waals surface area (Å²) in [6.45, 7) is 0. The van der Waals surface area contributed by atoms with Gasteiger partial charge in [0, 0.05) is 0 Å². The first-order chi connectivity index (χ1) is 4.29. The molecular weight excluding hydrogens is 124 g/mol. The molecule has 1 aromatic rings. The van der Waals surface area contributed by atoms with Gasteiger partial charge in [-0.15, -0.1) is 0 Å². The molecule has 0 spiro atoms. The van der Waals surface area contributed by atoms with Gasteiger partial charge in [0.05, 0.1) is 0 Å². The van der Waals surface area contributed by atoms with Crippen LogP contribution in [0.3, 0.4) is 0 Å². The lowest BCUT2D eigenvalue weighted by molar-refractivity contribution is 0.492. The van der Waals surface area contributed by atoms with Crippen molar-refractivity contribution >= 4 is 6.02 Å². The van der Waals surface area contributed by atoms with E-state index in [2.05, 4.69) is 25.4 Å². The number of amidine groups is 1. The predicted molar refractivity (Wildman–Crippen MR) is 26.7 cm³/mol. The molecule has 7 heteroatoms. The highest BCUT2D eigenvalue weighted by Crippen LogP contribution is 1.90. The second-order valence-electron chi connectivity index (χ2n) is 1.16. The zero-order valence-corrected chi connectivity index (χ0v) is 4.33. The van der Waals surface area contributed by atoms with E-state index < -0.39 is 6.02 Å². The minimum atomic E-state index is -0.462. The summed E-state index contributed by atoms with van der Waals surface area (Å²) in [5, 5.41) is 18.6. The van der Waals surface area contributed by atoms with Crippen LogP contribution < -0.4 is 10.5 Å². The Morgan fingerprint density at radius 1 is 1.78 bits per heavy atom. The van der Waals surface area contributed by atoms with Crippen molar-refractivity contribution in [1.82, 2.24) is 20.6 Å². The molecule has 7 nitrogen and oxygen atoms in total. The number of rotatable bonds is 1. The minimum absolute atomic E-state index is 0.0532. The van der Waals surface area contributed by atoms with E-state index >= 15 is 0 Å². The van der Waals surface area contributed by atoms with Crippen molar-refractivity contribution in [2.75, 3.05) is 0 Å². The fourth-order valence-electron chi connectivity index (χ4n) is 0.294. The lowest BCUT2D eigenvalue weighted by atomic mass is 11.1. The molecule has 0 saturated heterocycles. The van der Waals surface area contributed by atoms with Gasteiger partial charge in [-0.1, -0.05) is 10.2 Å². The second-order valence-corrected chi connectivity index (χ2v) is 1.16. The number of aromatic nitrogens is 4. The van der Waals surface area contributed by atoms with Crippen LogP contribution in [-0.4, -0.2) is 26.6 Å². The average molecular weight is 128 g/mol. The summed E-state index contributed by atoms with van der Waals surface area (Å²) in [4.78, 5) is 0. The zero-order valence-electron chi connectivity index (χ0n) is 4.33. The molecule has 9 heavy (non-hydrogen) atoms. The molecule has 0 unspecified atom stereocenters. The van der Waals surface area contributed by atoms with Gasteiger partial charge in [0.25, 0.3) is 6.02 Å². The molecule has 1 heterocycles. The number of H-pyrrole nitrogens is 1. The third-order valence-electron chi connectivity index (χ3n) is 0.527. The molecular formula is C2H4N6O. The van der Waals surface area contributed by atoms with Crippen LogP contribution >= 0.6 is 0 Å². The monoisotopic (exact) mass is 128 g/mol. The van der Waals surface area contributed by atoms with Crippen LogP contribution in [0.2, 0.25) is 0 Å². The van der Waals surface area contributed by atoms with Gasteiger partial charge in [-0.05, 0) is 5.21 Å². The topological polar surface area (TPSA) is 114 Å². The predicted octanol–water partition coefficient (Wildman–Crippen LogP) is -1.53. The summed E-state index contributed by atoms with van der Waals surface area (Å²) in [6, 6.07) is -0.515. The first-order valence-electron chi connectivity index (χ1n) is 2.04. The normalized spacial score (nSPS) is 8.89. The highest BCUT2D eigenvalue weighted by Gasteiger charge is 1.97. The van der Waals surface area contributed by atoms with Gasteiger partial charge in [0.1, 0.15) is 0 Å². The molecule has 4 N–H and O–H groups in total. The number of nitrogens with zero attached hydrogens (tertiary/aromatic N) is 3. The zero-order chi connectivity index (χ0) is 6.69. The highest BCUT2D eigenvalue weighted by molar-refractivity contribution is 5.69. The number of nitrogens with two attached hydrogens (primary N) is 1. The number of tetrazole rings is 1. The van der Waals surface area contributed by atoms with E-state index in [0.717, 1.165) is 0 Å². The van der Waals surface area contributed by atoms with Crippen molar-refractivity contribution in [2.45, 2.75) is 0 Å². The van der Waals surface area contributed by atoms with Crippen LogP contribution in [0.25, 0.3) is 0 Å². The molecule has 0 bridgehead atoms. The standard InChI is InChI=1S/C2H4N6O/c3-1(4)9-2-5-7-8-6-2/h(H3,3,4)(H,5,6,7,8). The van der Waals surface area contributed by atoms with E-state index in [1.807, 2.05) is 0 Å². The maximum Gasteiger partial charge on any atom is 0.363 e. The number of hydrogen-bond acceptors (Lipinski definition) is 5. The minimum Gasteiger partial charge on any atom is -0.389 e. The molecule has 48 valence electrons. The Morgan fingerprint density at radius 2 is 2.56 bits per heavy atom. The molecule has 0 amide bonds. The van der Waals surface area contributed by atoms with E-state index in [1.165, 1.54) is 0 Å². The molecule has 0 radical (unpaired) electrons. The van der Waals surface area contributed by atoms with E-state index in [4.69, 9.17) is 11.1 Å². The molecule has 1 aromatic heterocycles. The Balaban J connectivity index is 2.58. The van der Waals surface area contributed by atoms with Crippen LogP contribution in [-0.2, 0) is 0 Å². The molecule has 0 aliphatic rings. The van der Waals surface area contributed by atoms with Crippen LogP contribution in [0.1, 0.15) is 0 Å². The van der Waals surface area contributed by atoms with Gasteiger partial charge in [-0.2, -0.15) is 5.21 Å². The van der Waals surface area contributed by atoms with Gasteiger partial charge in [0.2, 0.25) is 0 Å². The van der Waals surface area contributed by atoms with Gasteiger partial charge in [-0.25, -0.2) is 0 Å². The van der Waals surface area contributed by atoms with Crippen molar-refractivity contribution < 1.29 is 4.74 Å². The number of ether oxygens (including phenoxy) is 1.